The van der Waals surface area contributed by atoms with Crippen molar-refractivity contribution in [3.05, 3.63) is 66.8 Å². The molecule has 0 N–H and O–H groups in total. The quantitative estimate of drug-likeness (QED) is 0.478. The molecule has 0 nitrogen and oxygen atoms in total. The van der Waals surface area contributed by atoms with Crippen LogP contribution in [0.2, 0.25) is 0 Å². The van der Waals surface area contributed by atoms with Crippen LogP contribution in [-0.2, 0) is 0 Å². The van der Waals surface area contributed by atoms with Crippen molar-refractivity contribution in [2.75, 3.05) is 0 Å². The van der Waals surface area contributed by atoms with Crippen LogP contribution in [-0.4, -0.2) is 0 Å². The van der Waals surface area contributed by atoms with Gasteiger partial charge in [-0.15, -0.1) is 0 Å². The van der Waals surface area contributed by atoms with Crippen LogP contribution in [0.15, 0.2) is 61.2 Å². The van der Waals surface area contributed by atoms with E-state index in [2.05, 4.69) is 56.0 Å². The molecule has 0 saturated carbocycles. The fourth-order valence-corrected chi connectivity index (χ4v) is 1.45. The zero-order valence-corrected chi connectivity index (χ0v) is 9.32. The van der Waals surface area contributed by atoms with Crippen molar-refractivity contribution in [1.29, 1.82) is 0 Å². The lowest BCUT2D eigenvalue weighted by Crippen LogP contribution is -1.81. The Balaban J connectivity index is 2.80. The van der Waals surface area contributed by atoms with Crippen molar-refractivity contribution in [2.45, 2.75) is 19.8 Å². The molecule has 0 fully saturated rings. The largest absolute Gasteiger partial charge is 0.0991 e. The van der Waals surface area contributed by atoms with Gasteiger partial charge >= 0.3 is 0 Å². The van der Waals surface area contributed by atoms with Crippen LogP contribution in [0.1, 0.15) is 25.3 Å². The van der Waals surface area contributed by atoms with Gasteiger partial charge in [-0.1, -0.05) is 68.1 Å². The highest BCUT2D eigenvalue weighted by Gasteiger charge is 1.96. The molecule has 0 atom stereocenters. The molecule has 0 aromatic heterocycles. The van der Waals surface area contributed by atoms with Crippen molar-refractivity contribution < 1.29 is 0 Å². The zero-order chi connectivity index (χ0) is 10.9. The van der Waals surface area contributed by atoms with Gasteiger partial charge in [0.1, 0.15) is 0 Å². The summed E-state index contributed by atoms with van der Waals surface area (Å²) in [6, 6.07) is 10.4. The Hall–Kier alpha value is -1.56. The summed E-state index contributed by atoms with van der Waals surface area (Å²) in [5.74, 6) is 0. The zero-order valence-electron chi connectivity index (χ0n) is 9.32. The molecular weight excluding hydrogens is 180 g/mol. The molecule has 0 heterocycles. The predicted molar refractivity (Wildman–Crippen MR) is 68.7 cm³/mol. The summed E-state index contributed by atoms with van der Waals surface area (Å²) < 4.78 is 0. The molecule has 0 radical (unpaired) electrons. The van der Waals surface area contributed by atoms with E-state index >= 15 is 0 Å². The molecule has 1 rings (SSSR count). The summed E-state index contributed by atoms with van der Waals surface area (Å²) in [7, 11) is 0. The van der Waals surface area contributed by atoms with E-state index in [0.717, 1.165) is 12.8 Å². The fraction of sp³-hybridized carbons (Fsp3) is 0.200. The first-order valence-corrected chi connectivity index (χ1v) is 5.40. The number of hydrogen-bond donors (Lipinski definition) is 0. The van der Waals surface area contributed by atoms with Crippen LogP contribution in [0.4, 0.5) is 0 Å². The van der Waals surface area contributed by atoms with Crippen LogP contribution < -0.4 is 0 Å². The Kier molecular flexibility index (Phi) is 5.24. The summed E-state index contributed by atoms with van der Waals surface area (Å²) in [6.07, 6.45) is 10.4. The third kappa shape index (κ3) is 3.99. The van der Waals surface area contributed by atoms with E-state index in [-0.39, 0.29) is 0 Å². The molecule has 15 heavy (non-hydrogen) atoms. The molecule has 0 bridgehead atoms. The van der Waals surface area contributed by atoms with Gasteiger partial charge in [0.05, 0.1) is 0 Å². The minimum Gasteiger partial charge on any atom is -0.0991 e. The Morgan fingerprint density at radius 1 is 1.20 bits per heavy atom. The first kappa shape index (κ1) is 11.5. The lowest BCUT2D eigenvalue weighted by molar-refractivity contribution is 1.20. The second kappa shape index (κ2) is 6.83. The number of allylic oxidation sites excluding steroid dienone is 5. The Labute approximate surface area is 92.6 Å². The molecular formula is C15H18. The van der Waals surface area contributed by atoms with Crippen LogP contribution in [0.25, 0.3) is 5.57 Å². The van der Waals surface area contributed by atoms with Crippen molar-refractivity contribution in [1.82, 2.24) is 0 Å². The summed E-state index contributed by atoms with van der Waals surface area (Å²) in [6.45, 7) is 5.90. The first-order chi connectivity index (χ1) is 7.38. The molecule has 0 unspecified atom stereocenters. The highest BCUT2D eigenvalue weighted by molar-refractivity contribution is 5.67. The van der Waals surface area contributed by atoms with E-state index in [1.54, 1.807) is 0 Å². The van der Waals surface area contributed by atoms with Crippen LogP contribution in [0, 0.1) is 0 Å². The van der Waals surface area contributed by atoms with E-state index in [1.165, 1.54) is 11.1 Å². The minimum absolute atomic E-state index is 0.976. The van der Waals surface area contributed by atoms with Gasteiger partial charge in [0.25, 0.3) is 0 Å². The van der Waals surface area contributed by atoms with Crippen molar-refractivity contribution in [3.63, 3.8) is 0 Å². The van der Waals surface area contributed by atoms with E-state index < -0.39 is 0 Å². The van der Waals surface area contributed by atoms with Gasteiger partial charge in [0, 0.05) is 0 Å². The van der Waals surface area contributed by atoms with E-state index in [4.69, 9.17) is 0 Å². The molecule has 0 aliphatic carbocycles. The van der Waals surface area contributed by atoms with Crippen molar-refractivity contribution >= 4 is 5.57 Å². The second-order valence-corrected chi connectivity index (χ2v) is 3.38. The average molecular weight is 198 g/mol. The van der Waals surface area contributed by atoms with Gasteiger partial charge in [-0.2, -0.15) is 0 Å². The highest BCUT2D eigenvalue weighted by Crippen LogP contribution is 2.18. The monoisotopic (exact) mass is 198 g/mol. The maximum Gasteiger partial charge on any atom is -0.00915 e. The topological polar surface area (TPSA) is 0 Å². The molecule has 0 spiro atoms. The second-order valence-electron chi connectivity index (χ2n) is 3.38. The van der Waals surface area contributed by atoms with Crippen LogP contribution in [0.3, 0.4) is 0 Å². The maximum atomic E-state index is 3.75. The van der Waals surface area contributed by atoms with Gasteiger partial charge in [-0.05, 0) is 24.0 Å². The molecule has 1 aromatic rings. The Morgan fingerprint density at radius 2 is 1.93 bits per heavy atom. The molecule has 1 aromatic carbocycles. The fourth-order valence-electron chi connectivity index (χ4n) is 1.45. The summed E-state index contributed by atoms with van der Waals surface area (Å²) in [5.41, 5.74) is 2.59. The Morgan fingerprint density at radius 3 is 2.53 bits per heavy atom. The summed E-state index contributed by atoms with van der Waals surface area (Å²) in [5, 5.41) is 0. The van der Waals surface area contributed by atoms with Gasteiger partial charge in [0.15, 0.2) is 0 Å². The van der Waals surface area contributed by atoms with E-state index in [1.807, 2.05) is 12.1 Å². The Bertz CT molecular complexity index is 342. The van der Waals surface area contributed by atoms with Crippen LogP contribution >= 0.6 is 0 Å². The number of rotatable bonds is 5. The van der Waals surface area contributed by atoms with Crippen molar-refractivity contribution in [3.8, 4) is 0 Å². The van der Waals surface area contributed by atoms with Crippen LogP contribution in [0.5, 0.6) is 0 Å². The normalized spacial score (nSPS) is 11.9. The summed E-state index contributed by atoms with van der Waals surface area (Å²) in [4.78, 5) is 0. The van der Waals surface area contributed by atoms with E-state index in [9.17, 15) is 0 Å². The lowest BCUT2D eigenvalue weighted by atomic mass is 10.0. The maximum absolute atomic E-state index is 3.75. The third-order valence-electron chi connectivity index (χ3n) is 2.20. The summed E-state index contributed by atoms with van der Waals surface area (Å²) >= 11 is 0. The smallest absolute Gasteiger partial charge is 0.00915 e. The van der Waals surface area contributed by atoms with Gasteiger partial charge in [0.2, 0.25) is 0 Å². The number of benzene rings is 1. The van der Waals surface area contributed by atoms with Gasteiger partial charge < -0.3 is 0 Å². The molecule has 0 aliphatic heterocycles. The van der Waals surface area contributed by atoms with E-state index in [0.29, 0.717) is 0 Å². The average Bonchev–Trinajstić information content (AvgIpc) is 2.29. The van der Waals surface area contributed by atoms with Gasteiger partial charge in [-0.25, -0.2) is 0 Å². The first-order valence-electron chi connectivity index (χ1n) is 5.40. The van der Waals surface area contributed by atoms with Crippen molar-refractivity contribution in [2.24, 2.45) is 0 Å². The molecule has 0 saturated heterocycles. The number of hydrogen-bond acceptors (Lipinski definition) is 0. The predicted octanol–water partition coefficient (Wildman–Crippen LogP) is 4.61. The lowest BCUT2D eigenvalue weighted by Gasteiger charge is -2.03. The molecule has 78 valence electrons. The third-order valence-corrected chi connectivity index (χ3v) is 2.20. The minimum atomic E-state index is 0.976. The standard InChI is InChI=1S/C15H18/c1-3-5-7-11-14(10-4-2)15-12-8-6-9-13-15/h4-10,12-13H,2-3,11H2,1H3/b7-5-,14-10+. The molecule has 0 amide bonds. The molecule has 0 aliphatic rings. The van der Waals surface area contributed by atoms with Gasteiger partial charge in [-0.3, -0.25) is 0 Å². The highest BCUT2D eigenvalue weighted by atomic mass is 14.0. The molecule has 0 heteroatoms. The SMILES string of the molecule is C=C/C=C(\C/C=C\CC)c1ccccc1.